The number of nitrogens with one attached hydrogen (secondary N) is 1. The second-order valence-corrected chi connectivity index (χ2v) is 6.75. The summed E-state index contributed by atoms with van der Waals surface area (Å²) in [4.78, 5) is 50.8. The summed E-state index contributed by atoms with van der Waals surface area (Å²) in [5.74, 6) is -2.55. The zero-order valence-electron chi connectivity index (χ0n) is 14.5. The van der Waals surface area contributed by atoms with Gasteiger partial charge in [0.15, 0.2) is 24.3 Å². The molecule has 0 unspecified atom stereocenters. The molecule has 28 heavy (non-hydrogen) atoms. The molecular formula is C16H17N3O9. The second-order valence-electron chi connectivity index (χ2n) is 6.75. The van der Waals surface area contributed by atoms with Gasteiger partial charge in [-0.1, -0.05) is 0 Å². The lowest BCUT2D eigenvalue weighted by Gasteiger charge is -2.27. The number of esters is 3. The Balaban J connectivity index is 1.53. The van der Waals surface area contributed by atoms with Crippen LogP contribution in [0, 0.1) is 5.92 Å². The first-order valence-electron chi connectivity index (χ1n) is 8.68. The van der Waals surface area contributed by atoms with E-state index in [9.17, 15) is 19.2 Å². The number of carbonyl (C=O) groups is 3. The number of hydrogen-bond acceptors (Lipinski definition) is 11. The number of hydrogen-bond donors (Lipinski definition) is 2. The molecule has 12 heteroatoms. The Morgan fingerprint density at radius 3 is 2.61 bits per heavy atom. The van der Waals surface area contributed by atoms with Crippen LogP contribution >= 0.6 is 0 Å². The highest BCUT2D eigenvalue weighted by Crippen LogP contribution is 2.36. The Morgan fingerprint density at radius 1 is 1.25 bits per heavy atom. The molecule has 1 aromatic heterocycles. The monoisotopic (exact) mass is 395 g/mol. The predicted octanol–water partition coefficient (Wildman–Crippen LogP) is -0.878. The summed E-state index contributed by atoms with van der Waals surface area (Å²) in [6.45, 7) is -0.230. The fourth-order valence-corrected chi connectivity index (χ4v) is 3.14. The van der Waals surface area contributed by atoms with Crippen LogP contribution in [-0.2, 0) is 33.3 Å². The lowest BCUT2D eigenvalue weighted by molar-refractivity contribution is -0.195. The van der Waals surface area contributed by atoms with Crippen molar-refractivity contribution in [2.24, 2.45) is 5.92 Å². The van der Waals surface area contributed by atoms with Crippen molar-refractivity contribution < 1.29 is 38.5 Å². The Hall–Kier alpha value is -2.99. The fraction of sp³-hybridized carbons (Fsp3) is 0.562. The van der Waals surface area contributed by atoms with Gasteiger partial charge in [0.25, 0.3) is 0 Å². The summed E-state index contributed by atoms with van der Waals surface area (Å²) in [6.07, 6.45) is -0.705. The summed E-state index contributed by atoms with van der Waals surface area (Å²) in [5, 5.41) is 8.83. The first-order chi connectivity index (χ1) is 13.5. The molecule has 2 saturated heterocycles. The summed E-state index contributed by atoms with van der Waals surface area (Å²) in [7, 11) is 0. The number of aromatic nitrogens is 2. The molecule has 2 aliphatic heterocycles. The summed E-state index contributed by atoms with van der Waals surface area (Å²) >= 11 is 0. The molecule has 12 nitrogen and oxygen atoms in total. The van der Waals surface area contributed by atoms with Crippen LogP contribution in [-0.4, -0.2) is 57.6 Å². The Bertz CT molecular complexity index is 865. The maximum absolute atomic E-state index is 12.2. The molecule has 4 atom stereocenters. The first-order valence-corrected chi connectivity index (χ1v) is 8.68. The molecule has 3 fully saturated rings. The second kappa shape index (κ2) is 7.20. The van der Waals surface area contributed by atoms with Crippen LogP contribution in [0.3, 0.4) is 0 Å². The van der Waals surface area contributed by atoms with E-state index in [-0.39, 0.29) is 12.4 Å². The van der Waals surface area contributed by atoms with Gasteiger partial charge >= 0.3 is 23.6 Å². The highest BCUT2D eigenvalue weighted by atomic mass is 16.7. The zero-order chi connectivity index (χ0) is 19.8. The van der Waals surface area contributed by atoms with Crippen molar-refractivity contribution in [2.75, 3.05) is 12.1 Å². The highest BCUT2D eigenvalue weighted by Gasteiger charge is 2.55. The Labute approximate surface area is 157 Å². The molecule has 0 radical (unpaired) electrons. The molecule has 150 valence electrons. The third kappa shape index (κ3) is 3.55. The van der Waals surface area contributed by atoms with E-state index in [2.05, 4.69) is 4.98 Å². The van der Waals surface area contributed by atoms with Gasteiger partial charge in [0.05, 0.1) is 0 Å². The topological polar surface area (TPSA) is 155 Å². The number of nitrogens with zero attached hydrogens (tertiary/aromatic N) is 2. The summed E-state index contributed by atoms with van der Waals surface area (Å²) in [6, 6.07) is 1.29. The standard InChI is InChI=1S/C16H17N3O9/c20-10(5-7-1-2-7)25-6-8-11-12(28-15(22)14(21)27-11)13(26-8)19-4-3-9(18-24)17-16(19)23/h3-4,7-8,11-13,24H,1-2,5-6H2,(H,17,18,23)/t8-,11-,12-,13-/m1/s1. The van der Waals surface area contributed by atoms with Crippen LogP contribution in [0.4, 0.5) is 5.82 Å². The van der Waals surface area contributed by atoms with Crippen LogP contribution in [0.1, 0.15) is 25.5 Å². The van der Waals surface area contributed by atoms with Gasteiger partial charge in [-0.25, -0.2) is 14.4 Å². The molecular weight excluding hydrogens is 378 g/mol. The Kier molecular flexibility index (Phi) is 4.73. The highest BCUT2D eigenvalue weighted by molar-refractivity contribution is 6.30. The molecule has 2 N–H and O–H groups in total. The molecule has 4 rings (SSSR count). The van der Waals surface area contributed by atoms with E-state index in [4.69, 9.17) is 24.2 Å². The number of fused-ring (bicyclic) bond motifs is 1. The quantitative estimate of drug-likeness (QED) is 0.267. The number of ether oxygens (including phenoxy) is 4. The van der Waals surface area contributed by atoms with Crippen molar-refractivity contribution in [3.8, 4) is 0 Å². The van der Waals surface area contributed by atoms with Crippen LogP contribution in [0.25, 0.3) is 0 Å². The van der Waals surface area contributed by atoms with Crippen molar-refractivity contribution in [2.45, 2.75) is 43.8 Å². The van der Waals surface area contributed by atoms with Crippen molar-refractivity contribution in [3.05, 3.63) is 22.7 Å². The molecule has 3 heterocycles. The van der Waals surface area contributed by atoms with E-state index >= 15 is 0 Å². The van der Waals surface area contributed by atoms with Crippen molar-refractivity contribution in [1.82, 2.24) is 9.55 Å². The molecule has 0 aromatic carbocycles. The lowest BCUT2D eigenvalue weighted by Crippen LogP contribution is -2.48. The van der Waals surface area contributed by atoms with Crippen molar-refractivity contribution in [1.29, 1.82) is 0 Å². The van der Waals surface area contributed by atoms with E-state index in [1.54, 1.807) is 5.48 Å². The molecule has 1 aromatic rings. The van der Waals surface area contributed by atoms with E-state index < -0.39 is 48.1 Å². The zero-order valence-corrected chi connectivity index (χ0v) is 14.5. The largest absolute Gasteiger partial charge is 0.463 e. The molecule has 0 bridgehead atoms. The third-order valence-electron chi connectivity index (χ3n) is 4.72. The normalized spacial score (nSPS) is 28.9. The van der Waals surface area contributed by atoms with E-state index in [1.807, 2.05) is 0 Å². The van der Waals surface area contributed by atoms with Gasteiger partial charge < -0.3 is 18.9 Å². The van der Waals surface area contributed by atoms with E-state index in [0.29, 0.717) is 12.3 Å². The first kappa shape index (κ1) is 18.4. The average molecular weight is 395 g/mol. The molecule has 3 aliphatic rings. The van der Waals surface area contributed by atoms with Gasteiger partial charge in [0.2, 0.25) is 0 Å². The van der Waals surface area contributed by atoms with Crippen molar-refractivity contribution >= 4 is 23.7 Å². The van der Waals surface area contributed by atoms with Crippen LogP contribution in [0.15, 0.2) is 17.1 Å². The van der Waals surface area contributed by atoms with Gasteiger partial charge in [-0.2, -0.15) is 4.98 Å². The minimum absolute atomic E-state index is 0.0894. The molecule has 1 aliphatic carbocycles. The summed E-state index contributed by atoms with van der Waals surface area (Å²) in [5.41, 5.74) is 0.936. The maximum Gasteiger partial charge on any atom is 0.418 e. The maximum atomic E-state index is 12.2. The van der Waals surface area contributed by atoms with Gasteiger partial charge in [-0.15, -0.1) is 0 Å². The Morgan fingerprint density at radius 2 is 1.96 bits per heavy atom. The molecule has 0 spiro atoms. The number of rotatable bonds is 6. The predicted molar refractivity (Wildman–Crippen MR) is 85.9 cm³/mol. The van der Waals surface area contributed by atoms with Gasteiger partial charge in [0.1, 0.15) is 12.7 Å². The van der Waals surface area contributed by atoms with Crippen LogP contribution in [0.5, 0.6) is 0 Å². The minimum Gasteiger partial charge on any atom is -0.463 e. The number of anilines is 1. The van der Waals surface area contributed by atoms with Crippen LogP contribution < -0.4 is 11.2 Å². The van der Waals surface area contributed by atoms with Crippen LogP contribution in [0.2, 0.25) is 0 Å². The van der Waals surface area contributed by atoms with Gasteiger partial charge in [-0.05, 0) is 24.8 Å². The van der Waals surface area contributed by atoms with Gasteiger partial charge in [-0.3, -0.25) is 20.0 Å². The van der Waals surface area contributed by atoms with E-state index in [1.165, 1.54) is 12.3 Å². The molecule has 0 amide bonds. The fourth-order valence-electron chi connectivity index (χ4n) is 3.14. The van der Waals surface area contributed by atoms with Gasteiger partial charge in [0, 0.05) is 12.6 Å². The smallest absolute Gasteiger partial charge is 0.418 e. The van der Waals surface area contributed by atoms with E-state index in [0.717, 1.165) is 17.4 Å². The SMILES string of the molecule is O=C(CC1CC1)OC[C@H]1O[C@@H](n2ccc(NO)nc2=O)[C@@H]2OC(=O)C(=O)O[C@@H]21. The number of carbonyl (C=O) groups excluding carboxylic acids is 3. The minimum atomic E-state index is -1.21. The average Bonchev–Trinajstić information content (AvgIpc) is 3.42. The summed E-state index contributed by atoms with van der Waals surface area (Å²) < 4.78 is 22.1. The molecule has 1 saturated carbocycles. The third-order valence-corrected chi connectivity index (χ3v) is 4.72. The van der Waals surface area contributed by atoms with Crippen molar-refractivity contribution in [3.63, 3.8) is 0 Å². The lowest BCUT2D eigenvalue weighted by atomic mass is 10.1.